The second kappa shape index (κ2) is 8.69. The topological polar surface area (TPSA) is 59.3 Å². The van der Waals surface area contributed by atoms with E-state index in [1.165, 1.54) is 6.20 Å². The number of carbonyl (C=O) groups is 1. The first-order valence-electron chi connectivity index (χ1n) is 9.31. The first kappa shape index (κ1) is 20.1. The number of pyridine rings is 1. The molecule has 0 fully saturated rings. The number of hydrazone groups is 1. The molecule has 5 nitrogen and oxygen atoms in total. The largest absolute Gasteiger partial charge is 0.340 e. The minimum atomic E-state index is -0.410. The summed E-state index contributed by atoms with van der Waals surface area (Å²) in [6, 6.07) is 19.2. The van der Waals surface area contributed by atoms with E-state index in [0.717, 1.165) is 27.7 Å². The van der Waals surface area contributed by atoms with Crippen molar-refractivity contribution >= 4 is 46.2 Å². The maximum absolute atomic E-state index is 12.3. The Morgan fingerprint density at radius 3 is 2.63 bits per heavy atom. The summed E-state index contributed by atoms with van der Waals surface area (Å²) in [7, 11) is 0. The molecule has 0 atom stereocenters. The highest BCUT2D eigenvalue weighted by atomic mass is 35.5. The van der Waals surface area contributed by atoms with Gasteiger partial charge in [0.25, 0.3) is 5.91 Å². The van der Waals surface area contributed by atoms with Crippen molar-refractivity contribution in [2.45, 2.75) is 13.5 Å². The van der Waals surface area contributed by atoms with Crippen LogP contribution in [0.5, 0.6) is 0 Å². The SMILES string of the molecule is Cc1c(C=NNC(=O)c2cccnc2Cl)c2ccccc2n1Cc1ccc(Cl)cc1. The molecule has 4 aromatic rings. The number of carbonyl (C=O) groups excluding carboxylic acids is 1. The van der Waals surface area contributed by atoms with Gasteiger partial charge in [-0.05, 0) is 42.8 Å². The van der Waals surface area contributed by atoms with Gasteiger partial charge in [0.15, 0.2) is 0 Å². The van der Waals surface area contributed by atoms with Crippen molar-refractivity contribution in [1.82, 2.24) is 15.0 Å². The Morgan fingerprint density at radius 1 is 1.10 bits per heavy atom. The molecule has 2 heterocycles. The number of hydrogen-bond acceptors (Lipinski definition) is 3. The van der Waals surface area contributed by atoms with Crippen molar-refractivity contribution in [3.05, 3.63) is 99.4 Å². The summed E-state index contributed by atoms with van der Waals surface area (Å²) in [6.45, 7) is 2.74. The number of halogens is 2. The van der Waals surface area contributed by atoms with Crippen LogP contribution in [0.3, 0.4) is 0 Å². The Hall–Kier alpha value is -3.15. The molecule has 0 aliphatic heterocycles. The highest BCUT2D eigenvalue weighted by Crippen LogP contribution is 2.26. The van der Waals surface area contributed by atoms with E-state index in [4.69, 9.17) is 23.2 Å². The van der Waals surface area contributed by atoms with Gasteiger partial charge in [-0.2, -0.15) is 5.10 Å². The molecular weight excluding hydrogens is 419 g/mol. The Labute approximate surface area is 184 Å². The van der Waals surface area contributed by atoms with Gasteiger partial charge in [-0.25, -0.2) is 10.4 Å². The molecular formula is C23H18Cl2N4O. The van der Waals surface area contributed by atoms with Gasteiger partial charge >= 0.3 is 0 Å². The maximum Gasteiger partial charge on any atom is 0.274 e. The van der Waals surface area contributed by atoms with Crippen molar-refractivity contribution < 1.29 is 4.79 Å². The van der Waals surface area contributed by atoms with E-state index in [-0.39, 0.29) is 10.7 Å². The van der Waals surface area contributed by atoms with Crippen LogP contribution in [0.4, 0.5) is 0 Å². The van der Waals surface area contributed by atoms with Gasteiger partial charge in [0, 0.05) is 39.9 Å². The van der Waals surface area contributed by atoms with Gasteiger partial charge in [0.05, 0.1) is 11.8 Å². The summed E-state index contributed by atoms with van der Waals surface area (Å²) in [5, 5.41) is 6.07. The molecule has 0 spiro atoms. The third-order valence-electron chi connectivity index (χ3n) is 4.90. The fourth-order valence-electron chi connectivity index (χ4n) is 3.37. The van der Waals surface area contributed by atoms with E-state index in [2.05, 4.69) is 26.1 Å². The molecule has 0 radical (unpaired) electrons. The zero-order valence-corrected chi connectivity index (χ0v) is 17.7. The second-order valence-electron chi connectivity index (χ2n) is 6.77. The fourth-order valence-corrected chi connectivity index (χ4v) is 3.70. The van der Waals surface area contributed by atoms with Crippen LogP contribution in [0.25, 0.3) is 10.9 Å². The normalized spacial score (nSPS) is 11.3. The molecule has 0 aliphatic rings. The van der Waals surface area contributed by atoms with Crippen LogP contribution in [-0.4, -0.2) is 21.7 Å². The number of fused-ring (bicyclic) bond motifs is 1. The number of para-hydroxylation sites is 1. The zero-order valence-electron chi connectivity index (χ0n) is 16.1. The minimum absolute atomic E-state index is 0.140. The van der Waals surface area contributed by atoms with E-state index in [1.54, 1.807) is 18.3 Å². The highest BCUT2D eigenvalue weighted by Gasteiger charge is 2.13. The van der Waals surface area contributed by atoms with Crippen LogP contribution in [-0.2, 0) is 6.54 Å². The number of nitrogens with zero attached hydrogens (tertiary/aromatic N) is 3. The molecule has 150 valence electrons. The molecule has 0 saturated heterocycles. The van der Waals surface area contributed by atoms with Crippen molar-refractivity contribution in [3.8, 4) is 0 Å². The maximum atomic E-state index is 12.3. The van der Waals surface area contributed by atoms with Crippen LogP contribution >= 0.6 is 23.2 Å². The van der Waals surface area contributed by atoms with E-state index >= 15 is 0 Å². The lowest BCUT2D eigenvalue weighted by Crippen LogP contribution is -2.18. The van der Waals surface area contributed by atoms with Crippen LogP contribution in [0.1, 0.15) is 27.2 Å². The molecule has 7 heteroatoms. The van der Waals surface area contributed by atoms with E-state index < -0.39 is 5.91 Å². The monoisotopic (exact) mass is 436 g/mol. The Kier molecular flexibility index (Phi) is 5.84. The summed E-state index contributed by atoms with van der Waals surface area (Å²) in [4.78, 5) is 16.2. The Balaban J connectivity index is 1.63. The lowest BCUT2D eigenvalue weighted by Gasteiger charge is -2.09. The van der Waals surface area contributed by atoms with Crippen LogP contribution in [0.15, 0.2) is 72.0 Å². The summed E-state index contributed by atoms with van der Waals surface area (Å²) < 4.78 is 2.22. The van der Waals surface area contributed by atoms with Crippen molar-refractivity contribution in [2.24, 2.45) is 5.10 Å². The number of rotatable bonds is 5. The predicted molar refractivity (Wildman–Crippen MR) is 122 cm³/mol. The smallest absolute Gasteiger partial charge is 0.274 e. The summed E-state index contributed by atoms with van der Waals surface area (Å²) in [6.07, 6.45) is 3.19. The number of hydrogen-bond donors (Lipinski definition) is 1. The van der Waals surface area contributed by atoms with Gasteiger partial charge in [-0.15, -0.1) is 0 Å². The Morgan fingerprint density at radius 2 is 1.87 bits per heavy atom. The molecule has 4 rings (SSSR count). The average Bonchev–Trinajstić information content (AvgIpc) is 3.01. The average molecular weight is 437 g/mol. The van der Waals surface area contributed by atoms with Crippen molar-refractivity contribution in [2.75, 3.05) is 0 Å². The van der Waals surface area contributed by atoms with E-state index in [9.17, 15) is 4.79 Å². The number of aromatic nitrogens is 2. The van der Waals surface area contributed by atoms with Crippen molar-refractivity contribution in [1.29, 1.82) is 0 Å². The second-order valence-corrected chi connectivity index (χ2v) is 7.56. The lowest BCUT2D eigenvalue weighted by molar-refractivity contribution is 0.0955. The summed E-state index contributed by atoms with van der Waals surface area (Å²) in [5.74, 6) is -0.410. The Bertz CT molecular complexity index is 1250. The standard InChI is InChI=1S/C23H18Cl2N4O/c1-15-20(13-27-28-23(30)19-6-4-12-26-22(19)25)18-5-2-3-7-21(18)29(15)14-16-8-10-17(24)11-9-16/h2-13H,14H2,1H3,(H,28,30). The fraction of sp³-hybridized carbons (Fsp3) is 0.0870. The molecule has 1 N–H and O–H groups in total. The molecule has 0 saturated carbocycles. The van der Waals surface area contributed by atoms with Gasteiger partial charge in [0.2, 0.25) is 0 Å². The summed E-state index contributed by atoms with van der Waals surface area (Å²) in [5.41, 5.74) is 7.03. The van der Waals surface area contributed by atoms with Gasteiger partial charge < -0.3 is 4.57 Å². The van der Waals surface area contributed by atoms with E-state index in [0.29, 0.717) is 11.6 Å². The molecule has 0 aliphatic carbocycles. The molecule has 0 bridgehead atoms. The van der Waals surface area contributed by atoms with Gasteiger partial charge in [-0.3, -0.25) is 4.79 Å². The third kappa shape index (κ3) is 4.08. The number of benzene rings is 2. The first-order chi connectivity index (χ1) is 14.5. The van der Waals surface area contributed by atoms with Gasteiger partial charge in [0.1, 0.15) is 5.15 Å². The number of nitrogens with one attached hydrogen (secondary N) is 1. The molecule has 2 aromatic carbocycles. The molecule has 2 aromatic heterocycles. The lowest BCUT2D eigenvalue weighted by atomic mass is 10.1. The first-order valence-corrected chi connectivity index (χ1v) is 10.1. The van der Waals surface area contributed by atoms with E-state index in [1.807, 2.05) is 49.4 Å². The molecule has 0 unspecified atom stereocenters. The van der Waals surface area contributed by atoms with Gasteiger partial charge in [-0.1, -0.05) is 53.5 Å². The van der Waals surface area contributed by atoms with Crippen molar-refractivity contribution in [3.63, 3.8) is 0 Å². The third-order valence-corrected chi connectivity index (χ3v) is 5.45. The summed E-state index contributed by atoms with van der Waals surface area (Å²) >= 11 is 12.0. The highest BCUT2D eigenvalue weighted by molar-refractivity contribution is 6.32. The molecule has 1 amide bonds. The van der Waals surface area contributed by atoms with Crippen LogP contribution < -0.4 is 5.43 Å². The number of amides is 1. The zero-order chi connectivity index (χ0) is 21.1. The van der Waals surface area contributed by atoms with Crippen LogP contribution in [0, 0.1) is 6.92 Å². The minimum Gasteiger partial charge on any atom is -0.340 e. The molecule has 30 heavy (non-hydrogen) atoms. The van der Waals surface area contributed by atoms with Crippen LogP contribution in [0.2, 0.25) is 10.2 Å². The predicted octanol–water partition coefficient (Wildman–Crippen LogP) is 5.46. The quantitative estimate of drug-likeness (QED) is 0.256.